The topological polar surface area (TPSA) is 20.3 Å². The predicted octanol–water partition coefficient (Wildman–Crippen LogP) is 6.16. The van der Waals surface area contributed by atoms with Crippen molar-refractivity contribution < 1.29 is 4.79 Å². The lowest BCUT2D eigenvalue weighted by Crippen LogP contribution is -2.14. The van der Waals surface area contributed by atoms with Crippen LogP contribution in [0.4, 0.5) is 0 Å². The van der Waals surface area contributed by atoms with Gasteiger partial charge < -0.3 is 4.90 Å². The van der Waals surface area contributed by atoms with Crippen LogP contribution in [0.25, 0.3) is 0 Å². The second-order valence-corrected chi connectivity index (χ2v) is 8.72. The average Bonchev–Trinajstić information content (AvgIpc) is 3.02. The van der Waals surface area contributed by atoms with Crippen molar-refractivity contribution in [1.82, 2.24) is 4.90 Å². The Labute approximate surface area is 146 Å². The first-order chi connectivity index (χ1) is 10.3. The molecule has 0 saturated heterocycles. The number of hydrogen-bond acceptors (Lipinski definition) is 4. The molecule has 2 heterocycles. The summed E-state index contributed by atoms with van der Waals surface area (Å²) >= 11 is 9.16. The zero-order valence-corrected chi connectivity index (χ0v) is 15.9. The zero-order valence-electron chi connectivity index (χ0n) is 13.5. The first kappa shape index (κ1) is 17.6. The molecule has 2 nitrogen and oxygen atoms in total. The minimum atomic E-state index is -0.00689. The maximum atomic E-state index is 12.4. The van der Waals surface area contributed by atoms with Crippen molar-refractivity contribution in [3.8, 4) is 0 Å². The molecular formula is C17H22ClNOS2. The third kappa shape index (κ3) is 4.18. The molecule has 120 valence electrons. The van der Waals surface area contributed by atoms with Gasteiger partial charge in [-0.1, -0.05) is 57.5 Å². The van der Waals surface area contributed by atoms with Crippen LogP contribution in [0.3, 0.4) is 0 Å². The van der Waals surface area contributed by atoms with Gasteiger partial charge in [-0.2, -0.15) is 0 Å². The zero-order chi connectivity index (χ0) is 16.3. The van der Waals surface area contributed by atoms with Crippen molar-refractivity contribution in [1.29, 1.82) is 0 Å². The fourth-order valence-electron chi connectivity index (χ4n) is 2.01. The Balaban J connectivity index is 2.23. The number of rotatable bonds is 5. The monoisotopic (exact) mass is 355 g/mol. The molecule has 0 saturated carbocycles. The number of allylic oxidation sites excluding steroid dienone is 2. The fourth-order valence-corrected chi connectivity index (χ4v) is 4.21. The summed E-state index contributed by atoms with van der Waals surface area (Å²) in [4.78, 5) is 16.6. The highest BCUT2D eigenvalue weighted by Crippen LogP contribution is 2.45. The molecule has 1 aliphatic heterocycles. The Bertz CT molecular complexity index is 610. The first-order valence-corrected chi connectivity index (χ1v) is 9.56. The smallest absolute Gasteiger partial charge is 0.199 e. The summed E-state index contributed by atoms with van der Waals surface area (Å²) in [6.07, 6.45) is 6.17. The predicted molar refractivity (Wildman–Crippen MR) is 98.5 cm³/mol. The molecule has 0 fully saturated rings. The minimum absolute atomic E-state index is 0.00689. The Morgan fingerprint density at radius 2 is 2.14 bits per heavy atom. The van der Waals surface area contributed by atoms with Crippen molar-refractivity contribution >= 4 is 40.5 Å². The van der Waals surface area contributed by atoms with E-state index < -0.39 is 0 Å². The van der Waals surface area contributed by atoms with E-state index in [1.807, 2.05) is 5.38 Å². The summed E-state index contributed by atoms with van der Waals surface area (Å²) in [5.41, 5.74) is 0.0916. The summed E-state index contributed by atoms with van der Waals surface area (Å²) < 4.78 is 0. The Morgan fingerprint density at radius 1 is 1.41 bits per heavy atom. The van der Waals surface area contributed by atoms with Crippen molar-refractivity contribution in [2.75, 3.05) is 6.54 Å². The van der Waals surface area contributed by atoms with Crippen LogP contribution in [0.15, 0.2) is 33.7 Å². The molecule has 1 aliphatic rings. The number of unbranched alkanes of at least 4 members (excludes halogenated alkanes) is 1. The molecule has 0 spiro atoms. The van der Waals surface area contributed by atoms with Crippen LogP contribution in [0, 0.1) is 5.41 Å². The summed E-state index contributed by atoms with van der Waals surface area (Å²) in [6.45, 7) is 9.72. The van der Waals surface area contributed by atoms with E-state index >= 15 is 0 Å². The van der Waals surface area contributed by atoms with Crippen LogP contribution in [0.2, 0.25) is 5.02 Å². The van der Waals surface area contributed by atoms with Gasteiger partial charge in [0.25, 0.3) is 0 Å². The molecule has 22 heavy (non-hydrogen) atoms. The molecule has 1 aromatic heterocycles. The second-order valence-electron chi connectivity index (χ2n) is 6.34. The lowest BCUT2D eigenvalue weighted by Gasteiger charge is -2.17. The lowest BCUT2D eigenvalue weighted by molar-refractivity contribution is 0.104. The number of nitrogens with zero attached hydrogens (tertiary/aromatic N) is 1. The fraction of sp³-hybridized carbons (Fsp3) is 0.471. The largest absolute Gasteiger partial charge is 0.342 e. The van der Waals surface area contributed by atoms with Gasteiger partial charge in [-0.3, -0.25) is 4.79 Å². The van der Waals surface area contributed by atoms with E-state index in [0.29, 0.717) is 9.90 Å². The number of hydrogen-bond donors (Lipinski definition) is 0. The number of thiophene rings is 1. The average molecular weight is 356 g/mol. The molecule has 0 amide bonds. The van der Waals surface area contributed by atoms with Crippen LogP contribution in [0.5, 0.6) is 0 Å². The van der Waals surface area contributed by atoms with Crippen molar-refractivity contribution in [2.45, 2.75) is 40.5 Å². The highest BCUT2D eigenvalue weighted by atomic mass is 35.5. The normalized spacial score (nSPS) is 17.2. The first-order valence-electron chi connectivity index (χ1n) is 7.48. The molecule has 0 radical (unpaired) electrons. The Kier molecular flexibility index (Phi) is 5.81. The Hall–Kier alpha value is -0.710. The summed E-state index contributed by atoms with van der Waals surface area (Å²) in [5.74, 6) is -0.00689. The maximum absolute atomic E-state index is 12.4. The molecule has 0 aliphatic carbocycles. The van der Waals surface area contributed by atoms with E-state index in [2.05, 4.69) is 38.8 Å². The van der Waals surface area contributed by atoms with Crippen molar-refractivity contribution in [3.05, 3.63) is 43.6 Å². The number of carbonyl (C=O) groups is 1. The van der Waals surface area contributed by atoms with E-state index in [1.165, 1.54) is 16.2 Å². The number of halogens is 1. The van der Waals surface area contributed by atoms with Gasteiger partial charge in [-0.15, -0.1) is 11.3 Å². The van der Waals surface area contributed by atoms with Crippen molar-refractivity contribution in [2.24, 2.45) is 5.41 Å². The van der Waals surface area contributed by atoms with E-state index in [-0.39, 0.29) is 11.2 Å². The minimum Gasteiger partial charge on any atom is -0.342 e. The molecule has 0 unspecified atom stereocenters. The maximum Gasteiger partial charge on any atom is 0.199 e. The molecule has 0 aromatic carbocycles. The quantitative estimate of drug-likeness (QED) is 0.465. The van der Waals surface area contributed by atoms with Crippen LogP contribution in [-0.4, -0.2) is 17.2 Å². The number of thioether (sulfide) groups is 1. The van der Waals surface area contributed by atoms with Gasteiger partial charge in [0.05, 0.1) is 14.9 Å². The summed E-state index contributed by atoms with van der Waals surface area (Å²) in [6, 6.07) is 1.77. The SMILES string of the molecule is CCCCN1C=C(C(C)(C)C)SC1=CC(=O)c1sccc1Cl. The Morgan fingerprint density at radius 3 is 2.68 bits per heavy atom. The van der Waals surface area contributed by atoms with E-state index in [1.54, 1.807) is 23.9 Å². The highest BCUT2D eigenvalue weighted by Gasteiger charge is 2.28. The van der Waals surface area contributed by atoms with E-state index in [4.69, 9.17) is 11.6 Å². The van der Waals surface area contributed by atoms with Gasteiger partial charge in [-0.05, 0) is 23.3 Å². The van der Waals surface area contributed by atoms with Gasteiger partial charge in [0.2, 0.25) is 0 Å². The molecular weight excluding hydrogens is 334 g/mol. The van der Waals surface area contributed by atoms with Crippen LogP contribution in [0.1, 0.15) is 50.2 Å². The van der Waals surface area contributed by atoms with E-state index in [9.17, 15) is 4.79 Å². The second kappa shape index (κ2) is 7.24. The van der Waals surface area contributed by atoms with Crippen LogP contribution >= 0.6 is 34.7 Å². The van der Waals surface area contributed by atoms with Gasteiger partial charge in [-0.25, -0.2) is 0 Å². The highest BCUT2D eigenvalue weighted by molar-refractivity contribution is 8.07. The molecule has 0 atom stereocenters. The van der Waals surface area contributed by atoms with Gasteiger partial charge in [0.1, 0.15) is 0 Å². The van der Waals surface area contributed by atoms with E-state index in [0.717, 1.165) is 24.4 Å². The number of carbonyl (C=O) groups excluding carboxylic acids is 1. The van der Waals surface area contributed by atoms with Gasteiger partial charge in [0.15, 0.2) is 5.78 Å². The van der Waals surface area contributed by atoms with Crippen molar-refractivity contribution in [3.63, 3.8) is 0 Å². The standard InChI is InChI=1S/C17H22ClNOS2/c1-5-6-8-19-11-14(17(2,3)4)22-15(19)10-13(20)16-12(18)7-9-21-16/h7,9-11H,5-6,8H2,1-4H3. The molecule has 5 heteroatoms. The molecule has 2 rings (SSSR count). The van der Waals surface area contributed by atoms with Crippen LogP contribution in [-0.2, 0) is 0 Å². The summed E-state index contributed by atoms with van der Waals surface area (Å²) in [5, 5.41) is 3.40. The molecule has 0 N–H and O–H groups in total. The molecule has 0 bridgehead atoms. The third-order valence-electron chi connectivity index (χ3n) is 3.36. The van der Waals surface area contributed by atoms with Crippen LogP contribution < -0.4 is 0 Å². The third-order valence-corrected chi connectivity index (χ3v) is 6.21. The lowest BCUT2D eigenvalue weighted by atomic mass is 9.96. The van der Waals surface area contributed by atoms with Gasteiger partial charge in [0, 0.05) is 23.7 Å². The van der Waals surface area contributed by atoms with Gasteiger partial charge >= 0.3 is 0 Å². The number of ketones is 1. The molecule has 1 aromatic rings. The summed E-state index contributed by atoms with van der Waals surface area (Å²) in [7, 11) is 0.